The van der Waals surface area contributed by atoms with Crippen LogP contribution in [0.1, 0.15) is 31.2 Å². The number of carbonyl (C=O) groups excluding carboxylic acids is 1. The Morgan fingerprint density at radius 2 is 1.95 bits per heavy atom. The highest BCUT2D eigenvalue weighted by atomic mass is 35.5. The largest absolute Gasteiger partial charge is 0.333 e. The summed E-state index contributed by atoms with van der Waals surface area (Å²) in [7, 11) is 0. The lowest BCUT2D eigenvalue weighted by Gasteiger charge is -2.37. The molecule has 0 N–H and O–H groups in total. The zero-order valence-corrected chi connectivity index (χ0v) is 13.7. The van der Waals surface area contributed by atoms with Crippen LogP contribution in [-0.4, -0.2) is 34.4 Å². The molecule has 2 heterocycles. The molecule has 0 saturated carbocycles. The van der Waals surface area contributed by atoms with E-state index in [-0.39, 0.29) is 5.91 Å². The monoisotopic (exact) mass is 321 g/mol. The lowest BCUT2D eigenvalue weighted by atomic mass is 10.0. The summed E-state index contributed by atoms with van der Waals surface area (Å²) in [6.45, 7) is 0. The third-order valence-electron chi connectivity index (χ3n) is 4.59. The highest BCUT2D eigenvalue weighted by Gasteiger charge is 2.42. The fourth-order valence-electron chi connectivity index (χ4n) is 3.54. The first-order valence-corrected chi connectivity index (χ1v) is 9.13. The van der Waals surface area contributed by atoms with E-state index in [9.17, 15) is 4.79 Å². The summed E-state index contributed by atoms with van der Waals surface area (Å²) < 4.78 is 0. The number of nitrogens with zero attached hydrogens (tertiary/aromatic N) is 1. The molecule has 1 aromatic rings. The second-order valence-corrected chi connectivity index (χ2v) is 7.36. The van der Waals surface area contributed by atoms with E-state index in [1.807, 2.05) is 42.1 Å². The quantitative estimate of drug-likeness (QED) is 0.776. The van der Waals surface area contributed by atoms with Gasteiger partial charge in [-0.25, -0.2) is 0 Å². The summed E-state index contributed by atoms with van der Waals surface area (Å²) in [6.07, 6.45) is 10.3. The summed E-state index contributed by atoms with van der Waals surface area (Å²) in [6, 6.07) is 8.48. The van der Waals surface area contributed by atoms with Crippen LogP contribution >= 0.6 is 23.4 Å². The van der Waals surface area contributed by atoms with Gasteiger partial charge in [-0.3, -0.25) is 4.79 Å². The smallest absolute Gasteiger partial charge is 0.247 e. The first kappa shape index (κ1) is 15.0. The highest BCUT2D eigenvalue weighted by molar-refractivity contribution is 7.99. The van der Waals surface area contributed by atoms with Gasteiger partial charge in [-0.05, 0) is 49.6 Å². The minimum Gasteiger partial charge on any atom is -0.333 e. The Labute approximate surface area is 135 Å². The van der Waals surface area contributed by atoms with Gasteiger partial charge in [-0.2, -0.15) is 11.8 Å². The Hall–Kier alpha value is -0.930. The van der Waals surface area contributed by atoms with E-state index >= 15 is 0 Å². The van der Waals surface area contributed by atoms with Crippen molar-refractivity contribution in [2.24, 2.45) is 0 Å². The van der Waals surface area contributed by atoms with Gasteiger partial charge in [0.15, 0.2) is 0 Å². The molecular weight excluding hydrogens is 302 g/mol. The summed E-state index contributed by atoms with van der Waals surface area (Å²) in [5.74, 6) is 0.141. The molecule has 2 aliphatic rings. The Bertz CT molecular complexity index is 545. The molecule has 112 valence electrons. The van der Waals surface area contributed by atoms with Crippen LogP contribution in [0.4, 0.5) is 0 Å². The van der Waals surface area contributed by atoms with Gasteiger partial charge in [0.05, 0.1) is 0 Å². The van der Waals surface area contributed by atoms with E-state index in [0.717, 1.165) is 36.5 Å². The third kappa shape index (κ3) is 3.14. The number of fused-ring (bicyclic) bond motifs is 2. The molecule has 1 aromatic carbocycles. The standard InChI is InChI=1S/C17H20ClNOS/c1-21-15-10-13-7-8-14(11-15)19(13)17(20)9-6-12-4-2-3-5-16(12)18/h2-6,9,13-15H,7-8,10-11H2,1H3/b9-6+/t13-,14+,15?. The van der Waals surface area contributed by atoms with E-state index < -0.39 is 0 Å². The van der Waals surface area contributed by atoms with Gasteiger partial charge in [0.2, 0.25) is 5.91 Å². The summed E-state index contributed by atoms with van der Waals surface area (Å²) in [5, 5.41) is 1.41. The van der Waals surface area contributed by atoms with Gasteiger partial charge in [0.1, 0.15) is 0 Å². The van der Waals surface area contributed by atoms with Crippen LogP contribution in [0.5, 0.6) is 0 Å². The molecule has 4 heteroatoms. The average molecular weight is 322 g/mol. The van der Waals surface area contributed by atoms with Crippen LogP contribution in [0.3, 0.4) is 0 Å². The van der Waals surface area contributed by atoms with Crippen molar-refractivity contribution in [3.05, 3.63) is 40.9 Å². The zero-order chi connectivity index (χ0) is 14.8. The molecule has 3 rings (SSSR count). The van der Waals surface area contributed by atoms with E-state index in [4.69, 9.17) is 11.6 Å². The van der Waals surface area contributed by atoms with Gasteiger partial charge >= 0.3 is 0 Å². The van der Waals surface area contributed by atoms with Gasteiger partial charge in [0, 0.05) is 28.4 Å². The normalized spacial score (nSPS) is 28.3. The maximum absolute atomic E-state index is 12.5. The molecule has 2 nitrogen and oxygen atoms in total. The van der Waals surface area contributed by atoms with Crippen molar-refractivity contribution in [3.63, 3.8) is 0 Å². The molecule has 1 amide bonds. The molecule has 0 aromatic heterocycles. The van der Waals surface area contributed by atoms with Crippen molar-refractivity contribution >= 4 is 35.3 Å². The predicted molar refractivity (Wildman–Crippen MR) is 90.7 cm³/mol. The second kappa shape index (κ2) is 6.45. The van der Waals surface area contributed by atoms with Crippen molar-refractivity contribution in [2.75, 3.05) is 6.26 Å². The molecule has 0 aliphatic carbocycles. The Kier molecular flexibility index (Phi) is 4.60. The van der Waals surface area contributed by atoms with Crippen LogP contribution in [0.2, 0.25) is 5.02 Å². The Morgan fingerprint density at radius 3 is 2.57 bits per heavy atom. The maximum atomic E-state index is 12.5. The van der Waals surface area contributed by atoms with Gasteiger partial charge in [-0.1, -0.05) is 29.8 Å². The van der Waals surface area contributed by atoms with Gasteiger partial charge in [-0.15, -0.1) is 0 Å². The number of hydrogen-bond donors (Lipinski definition) is 0. The number of piperidine rings is 1. The maximum Gasteiger partial charge on any atom is 0.247 e. The van der Waals surface area contributed by atoms with Crippen LogP contribution < -0.4 is 0 Å². The highest BCUT2D eigenvalue weighted by Crippen LogP contribution is 2.39. The topological polar surface area (TPSA) is 20.3 Å². The molecule has 1 unspecified atom stereocenters. The second-order valence-electron chi connectivity index (χ2n) is 5.81. The SMILES string of the molecule is CSC1C[C@H]2CC[C@@H](C1)N2C(=O)/C=C/c1ccccc1Cl. The molecule has 21 heavy (non-hydrogen) atoms. The number of halogens is 1. The van der Waals surface area contributed by atoms with E-state index in [1.54, 1.807) is 6.08 Å². The number of carbonyl (C=O) groups is 1. The first-order chi connectivity index (χ1) is 10.2. The van der Waals surface area contributed by atoms with E-state index in [0.29, 0.717) is 17.1 Å². The van der Waals surface area contributed by atoms with Crippen LogP contribution in [0.15, 0.2) is 30.3 Å². The molecule has 2 aliphatic heterocycles. The van der Waals surface area contributed by atoms with Crippen molar-refractivity contribution in [2.45, 2.75) is 43.0 Å². The van der Waals surface area contributed by atoms with Crippen LogP contribution in [0, 0.1) is 0 Å². The van der Waals surface area contributed by atoms with Crippen LogP contribution in [0.25, 0.3) is 6.08 Å². The third-order valence-corrected chi connectivity index (χ3v) is 5.98. The number of thioether (sulfide) groups is 1. The Morgan fingerprint density at radius 1 is 1.29 bits per heavy atom. The average Bonchev–Trinajstić information content (AvgIpc) is 2.76. The summed E-state index contributed by atoms with van der Waals surface area (Å²) >= 11 is 8.07. The van der Waals surface area contributed by atoms with Crippen molar-refractivity contribution in [1.82, 2.24) is 4.90 Å². The summed E-state index contributed by atoms with van der Waals surface area (Å²) in [5.41, 5.74) is 0.902. The van der Waals surface area contributed by atoms with Crippen molar-refractivity contribution in [1.29, 1.82) is 0 Å². The van der Waals surface area contributed by atoms with Gasteiger partial charge in [0.25, 0.3) is 0 Å². The molecule has 2 fully saturated rings. The number of benzene rings is 1. The Balaban J connectivity index is 1.71. The number of hydrogen-bond acceptors (Lipinski definition) is 2. The minimum atomic E-state index is 0.141. The first-order valence-electron chi connectivity index (χ1n) is 7.46. The summed E-state index contributed by atoms with van der Waals surface area (Å²) in [4.78, 5) is 14.6. The van der Waals surface area contributed by atoms with E-state index in [1.165, 1.54) is 0 Å². The number of rotatable bonds is 3. The molecule has 3 atom stereocenters. The molecule has 2 bridgehead atoms. The van der Waals surface area contributed by atoms with Crippen molar-refractivity contribution in [3.8, 4) is 0 Å². The predicted octanol–water partition coefficient (Wildman–Crippen LogP) is 4.24. The molecular formula is C17H20ClNOS. The van der Waals surface area contributed by atoms with Crippen LogP contribution in [-0.2, 0) is 4.79 Å². The van der Waals surface area contributed by atoms with Crippen molar-refractivity contribution < 1.29 is 4.79 Å². The molecule has 0 spiro atoms. The minimum absolute atomic E-state index is 0.141. The number of amides is 1. The lowest BCUT2D eigenvalue weighted by molar-refractivity contribution is -0.129. The lowest BCUT2D eigenvalue weighted by Crippen LogP contribution is -2.46. The van der Waals surface area contributed by atoms with E-state index in [2.05, 4.69) is 11.2 Å². The molecule has 2 saturated heterocycles. The fourth-order valence-corrected chi connectivity index (χ4v) is 4.56. The fraction of sp³-hybridized carbons (Fsp3) is 0.471. The molecule has 0 radical (unpaired) electrons. The van der Waals surface area contributed by atoms with Gasteiger partial charge < -0.3 is 4.90 Å². The zero-order valence-electron chi connectivity index (χ0n) is 12.2.